The largest absolute Gasteiger partial charge is 0.493 e. The Kier molecular flexibility index (Phi) is 5.62. The van der Waals surface area contributed by atoms with Crippen LogP contribution in [-0.2, 0) is 13.0 Å². The van der Waals surface area contributed by atoms with Gasteiger partial charge in [0.05, 0.1) is 25.5 Å². The van der Waals surface area contributed by atoms with Gasteiger partial charge in [0.1, 0.15) is 0 Å². The molecule has 23 heavy (non-hydrogen) atoms. The van der Waals surface area contributed by atoms with Gasteiger partial charge in [-0.1, -0.05) is 6.07 Å². The van der Waals surface area contributed by atoms with Crippen LogP contribution in [0.25, 0.3) is 0 Å². The van der Waals surface area contributed by atoms with E-state index in [2.05, 4.69) is 10.4 Å². The summed E-state index contributed by atoms with van der Waals surface area (Å²) in [5, 5.41) is 7.21. The maximum Gasteiger partial charge on any atom is 0.254 e. The molecular weight excluding hydrogens is 294 g/mol. The van der Waals surface area contributed by atoms with Crippen molar-refractivity contribution in [1.29, 1.82) is 0 Å². The monoisotopic (exact) mass is 317 g/mol. The molecule has 0 radical (unpaired) electrons. The minimum absolute atomic E-state index is 0.0947. The van der Waals surface area contributed by atoms with Crippen molar-refractivity contribution in [1.82, 2.24) is 15.1 Å². The van der Waals surface area contributed by atoms with Crippen molar-refractivity contribution >= 4 is 5.91 Å². The van der Waals surface area contributed by atoms with Crippen LogP contribution in [0.2, 0.25) is 0 Å². The lowest BCUT2D eigenvalue weighted by molar-refractivity contribution is 0.0953. The highest BCUT2D eigenvalue weighted by Gasteiger charge is 2.12. The summed E-state index contributed by atoms with van der Waals surface area (Å²) in [5.41, 5.74) is 2.44. The first-order chi connectivity index (χ1) is 11.1. The van der Waals surface area contributed by atoms with Crippen molar-refractivity contribution in [3.05, 3.63) is 41.2 Å². The molecule has 2 rings (SSSR count). The van der Waals surface area contributed by atoms with Crippen LogP contribution < -0.4 is 14.8 Å². The summed E-state index contributed by atoms with van der Waals surface area (Å²) in [6, 6.07) is 5.75. The normalized spacial score (nSPS) is 10.4. The summed E-state index contributed by atoms with van der Waals surface area (Å²) in [5.74, 6) is 1.29. The van der Waals surface area contributed by atoms with E-state index in [0.717, 1.165) is 17.8 Å². The number of carbonyl (C=O) groups is 1. The van der Waals surface area contributed by atoms with Gasteiger partial charge in [0, 0.05) is 19.3 Å². The van der Waals surface area contributed by atoms with Gasteiger partial charge >= 0.3 is 0 Å². The maximum absolute atomic E-state index is 12.2. The standard InChI is InChI=1S/C17H23N3O3/c1-5-20-11-14(12(2)19-20)17(21)18-9-8-13-6-7-15(22-3)16(10-13)23-4/h6-7,10-11H,5,8-9H2,1-4H3,(H,18,21). The molecule has 2 aromatic rings. The van der Waals surface area contributed by atoms with Crippen LogP contribution in [0.5, 0.6) is 11.5 Å². The predicted molar refractivity (Wildman–Crippen MR) is 88.2 cm³/mol. The number of rotatable bonds is 7. The molecule has 1 aromatic carbocycles. The van der Waals surface area contributed by atoms with Crippen LogP contribution in [0.15, 0.2) is 24.4 Å². The number of aromatic nitrogens is 2. The first-order valence-electron chi connectivity index (χ1n) is 7.62. The van der Waals surface area contributed by atoms with E-state index < -0.39 is 0 Å². The molecule has 1 amide bonds. The second kappa shape index (κ2) is 7.67. The van der Waals surface area contributed by atoms with E-state index >= 15 is 0 Å². The van der Waals surface area contributed by atoms with Gasteiger partial charge in [0.2, 0.25) is 0 Å². The molecule has 1 heterocycles. The fraction of sp³-hybridized carbons (Fsp3) is 0.412. The van der Waals surface area contributed by atoms with Crippen molar-refractivity contribution < 1.29 is 14.3 Å². The number of benzene rings is 1. The molecule has 0 saturated carbocycles. The summed E-state index contributed by atoms with van der Waals surface area (Å²) in [6.07, 6.45) is 2.49. The Balaban J connectivity index is 1.94. The van der Waals surface area contributed by atoms with E-state index in [-0.39, 0.29) is 5.91 Å². The molecule has 0 unspecified atom stereocenters. The van der Waals surface area contributed by atoms with E-state index in [1.807, 2.05) is 32.0 Å². The van der Waals surface area contributed by atoms with Gasteiger partial charge < -0.3 is 14.8 Å². The van der Waals surface area contributed by atoms with Gasteiger partial charge in [0.15, 0.2) is 11.5 Å². The number of carbonyl (C=O) groups excluding carboxylic acids is 1. The average Bonchev–Trinajstić information content (AvgIpc) is 2.95. The number of ether oxygens (including phenoxy) is 2. The summed E-state index contributed by atoms with van der Waals surface area (Å²) in [6.45, 7) is 5.13. The first kappa shape index (κ1) is 16.9. The Hall–Kier alpha value is -2.50. The molecule has 6 heteroatoms. The highest BCUT2D eigenvalue weighted by molar-refractivity contribution is 5.94. The van der Waals surface area contributed by atoms with Crippen LogP contribution >= 0.6 is 0 Å². The number of methoxy groups -OCH3 is 2. The van der Waals surface area contributed by atoms with E-state index in [1.165, 1.54) is 0 Å². The molecule has 1 N–H and O–H groups in total. The highest BCUT2D eigenvalue weighted by Crippen LogP contribution is 2.27. The lowest BCUT2D eigenvalue weighted by Crippen LogP contribution is -2.26. The third kappa shape index (κ3) is 4.03. The van der Waals surface area contributed by atoms with E-state index in [9.17, 15) is 4.79 Å². The Labute approximate surface area is 136 Å². The van der Waals surface area contributed by atoms with E-state index in [0.29, 0.717) is 30.0 Å². The minimum atomic E-state index is -0.0947. The number of hydrogen-bond acceptors (Lipinski definition) is 4. The zero-order chi connectivity index (χ0) is 16.8. The molecule has 0 atom stereocenters. The Bertz CT molecular complexity index is 680. The quantitative estimate of drug-likeness (QED) is 0.850. The molecule has 0 bridgehead atoms. The summed E-state index contributed by atoms with van der Waals surface area (Å²) in [4.78, 5) is 12.2. The third-order valence-electron chi connectivity index (χ3n) is 3.66. The second-order valence-electron chi connectivity index (χ2n) is 5.18. The topological polar surface area (TPSA) is 65.4 Å². The Morgan fingerprint density at radius 2 is 2.00 bits per heavy atom. The maximum atomic E-state index is 12.2. The summed E-state index contributed by atoms with van der Waals surface area (Å²) in [7, 11) is 3.22. The molecule has 1 aromatic heterocycles. The van der Waals surface area contributed by atoms with Crippen molar-refractivity contribution in [2.45, 2.75) is 26.8 Å². The van der Waals surface area contributed by atoms with Gasteiger partial charge in [-0.3, -0.25) is 9.48 Å². The number of amides is 1. The van der Waals surface area contributed by atoms with Gasteiger partial charge in [-0.2, -0.15) is 5.10 Å². The number of aryl methyl sites for hydroxylation is 2. The minimum Gasteiger partial charge on any atom is -0.493 e. The summed E-state index contributed by atoms with van der Waals surface area (Å²) >= 11 is 0. The lowest BCUT2D eigenvalue weighted by atomic mass is 10.1. The number of hydrogen-bond donors (Lipinski definition) is 1. The van der Waals surface area contributed by atoms with Crippen molar-refractivity contribution in [2.24, 2.45) is 0 Å². The van der Waals surface area contributed by atoms with Gasteiger partial charge in [-0.25, -0.2) is 0 Å². The second-order valence-corrected chi connectivity index (χ2v) is 5.18. The molecule has 0 aliphatic heterocycles. The van der Waals surface area contributed by atoms with Crippen molar-refractivity contribution in [2.75, 3.05) is 20.8 Å². The molecule has 0 aliphatic carbocycles. The SMILES string of the molecule is CCn1cc(C(=O)NCCc2ccc(OC)c(OC)c2)c(C)n1. The van der Waals surface area contributed by atoms with E-state index in [1.54, 1.807) is 25.1 Å². The molecule has 124 valence electrons. The van der Waals surface area contributed by atoms with E-state index in [4.69, 9.17) is 9.47 Å². The predicted octanol–water partition coefficient (Wildman–Crippen LogP) is 2.20. The van der Waals surface area contributed by atoms with Crippen molar-refractivity contribution in [3.8, 4) is 11.5 Å². The average molecular weight is 317 g/mol. The molecule has 0 fully saturated rings. The molecule has 0 saturated heterocycles. The Morgan fingerprint density at radius 3 is 2.61 bits per heavy atom. The van der Waals surface area contributed by atoms with Crippen LogP contribution in [0.1, 0.15) is 28.5 Å². The van der Waals surface area contributed by atoms with Crippen molar-refractivity contribution in [3.63, 3.8) is 0 Å². The smallest absolute Gasteiger partial charge is 0.254 e. The number of nitrogens with one attached hydrogen (secondary N) is 1. The molecule has 6 nitrogen and oxygen atoms in total. The summed E-state index contributed by atoms with van der Waals surface area (Å²) < 4.78 is 12.3. The zero-order valence-electron chi connectivity index (χ0n) is 14.0. The third-order valence-corrected chi connectivity index (χ3v) is 3.66. The zero-order valence-corrected chi connectivity index (χ0v) is 14.0. The fourth-order valence-electron chi connectivity index (χ4n) is 2.35. The highest BCUT2D eigenvalue weighted by atomic mass is 16.5. The Morgan fingerprint density at radius 1 is 1.26 bits per heavy atom. The molecular formula is C17H23N3O3. The van der Waals surface area contributed by atoms with Crippen LogP contribution in [0, 0.1) is 6.92 Å². The van der Waals surface area contributed by atoms with Gasteiger partial charge in [0.25, 0.3) is 5.91 Å². The van der Waals surface area contributed by atoms with Crippen LogP contribution in [-0.4, -0.2) is 36.5 Å². The lowest BCUT2D eigenvalue weighted by Gasteiger charge is -2.10. The number of nitrogens with zero attached hydrogens (tertiary/aromatic N) is 2. The van der Waals surface area contributed by atoms with Gasteiger partial charge in [-0.05, 0) is 38.0 Å². The van der Waals surface area contributed by atoms with Crippen LogP contribution in [0.4, 0.5) is 0 Å². The molecule has 0 aliphatic rings. The first-order valence-corrected chi connectivity index (χ1v) is 7.62. The van der Waals surface area contributed by atoms with Crippen LogP contribution in [0.3, 0.4) is 0 Å². The molecule has 0 spiro atoms. The van der Waals surface area contributed by atoms with Gasteiger partial charge in [-0.15, -0.1) is 0 Å². The fourth-order valence-corrected chi connectivity index (χ4v) is 2.35.